The van der Waals surface area contributed by atoms with Gasteiger partial charge in [-0.2, -0.15) is 0 Å². The van der Waals surface area contributed by atoms with Gasteiger partial charge in [0.1, 0.15) is 0 Å². The van der Waals surface area contributed by atoms with Crippen LogP contribution in [0.3, 0.4) is 0 Å². The lowest BCUT2D eigenvalue weighted by Crippen LogP contribution is -2.51. The summed E-state index contributed by atoms with van der Waals surface area (Å²) in [6.45, 7) is 3.36. The van der Waals surface area contributed by atoms with Crippen molar-refractivity contribution in [2.45, 2.75) is 30.8 Å². The summed E-state index contributed by atoms with van der Waals surface area (Å²) in [5.74, 6) is 0.287. The summed E-state index contributed by atoms with van der Waals surface area (Å²) >= 11 is 0. The first-order chi connectivity index (χ1) is 10.3. The van der Waals surface area contributed by atoms with Crippen molar-refractivity contribution in [3.05, 3.63) is 35.9 Å². The van der Waals surface area contributed by atoms with E-state index in [0.717, 1.165) is 51.0 Å². The minimum absolute atomic E-state index is 0.198. The molecule has 1 N–H and O–H groups in total. The molecule has 3 rings (SSSR count). The van der Waals surface area contributed by atoms with Crippen molar-refractivity contribution in [2.75, 3.05) is 33.3 Å². The molecular formula is C17H24N2O2. The molecule has 1 aromatic carbocycles. The number of benzene rings is 1. The van der Waals surface area contributed by atoms with Gasteiger partial charge in [0.2, 0.25) is 5.91 Å². The minimum Gasteiger partial charge on any atom is -0.380 e. The molecule has 0 saturated carbocycles. The van der Waals surface area contributed by atoms with Gasteiger partial charge in [-0.15, -0.1) is 0 Å². The van der Waals surface area contributed by atoms with Crippen LogP contribution in [0, 0.1) is 0 Å². The number of hydrogen-bond donors (Lipinski definition) is 1. The van der Waals surface area contributed by atoms with Crippen LogP contribution in [0.1, 0.15) is 24.8 Å². The zero-order valence-electron chi connectivity index (χ0n) is 12.7. The SMILES string of the molecule is COC1CCN(C(=O)C2(c3ccccc3)CCNCC2)C1. The molecule has 0 aliphatic carbocycles. The molecule has 0 aromatic heterocycles. The first kappa shape index (κ1) is 14.5. The van der Waals surface area contributed by atoms with Gasteiger partial charge in [-0.05, 0) is 37.9 Å². The van der Waals surface area contributed by atoms with Gasteiger partial charge in [0, 0.05) is 20.2 Å². The van der Waals surface area contributed by atoms with Gasteiger partial charge < -0.3 is 15.0 Å². The van der Waals surface area contributed by atoms with Crippen molar-refractivity contribution < 1.29 is 9.53 Å². The summed E-state index contributed by atoms with van der Waals surface area (Å²) in [5, 5.41) is 3.38. The van der Waals surface area contributed by atoms with E-state index in [1.165, 1.54) is 0 Å². The van der Waals surface area contributed by atoms with Gasteiger partial charge in [-0.3, -0.25) is 4.79 Å². The standard InChI is InChI=1S/C17H24N2O2/c1-21-15-7-12-19(13-15)16(20)17(8-10-18-11-9-17)14-5-3-2-4-6-14/h2-6,15,18H,7-13H2,1H3. The van der Waals surface area contributed by atoms with Gasteiger partial charge in [0.25, 0.3) is 0 Å². The summed E-state index contributed by atoms with van der Waals surface area (Å²) < 4.78 is 5.41. The highest BCUT2D eigenvalue weighted by molar-refractivity contribution is 5.88. The first-order valence-corrected chi connectivity index (χ1v) is 7.85. The largest absolute Gasteiger partial charge is 0.380 e. The second kappa shape index (κ2) is 6.16. The number of methoxy groups -OCH3 is 1. The Morgan fingerprint density at radius 1 is 1.29 bits per heavy atom. The van der Waals surface area contributed by atoms with Crippen molar-refractivity contribution in [3.63, 3.8) is 0 Å². The van der Waals surface area contributed by atoms with Crippen molar-refractivity contribution in [3.8, 4) is 0 Å². The molecule has 21 heavy (non-hydrogen) atoms. The van der Waals surface area contributed by atoms with E-state index >= 15 is 0 Å². The predicted molar refractivity (Wildman–Crippen MR) is 82.2 cm³/mol. The van der Waals surface area contributed by atoms with Crippen LogP contribution in [0.25, 0.3) is 0 Å². The van der Waals surface area contributed by atoms with Crippen LogP contribution in [-0.2, 0) is 14.9 Å². The van der Waals surface area contributed by atoms with E-state index in [1.807, 2.05) is 23.1 Å². The Hall–Kier alpha value is -1.39. The monoisotopic (exact) mass is 288 g/mol. The molecule has 4 nitrogen and oxygen atoms in total. The fourth-order valence-electron chi connectivity index (χ4n) is 3.64. The summed E-state index contributed by atoms with van der Waals surface area (Å²) in [7, 11) is 1.73. The third-order valence-corrected chi connectivity index (χ3v) is 4.96. The van der Waals surface area contributed by atoms with Crippen LogP contribution >= 0.6 is 0 Å². The smallest absolute Gasteiger partial charge is 0.233 e. The summed E-state index contributed by atoms with van der Waals surface area (Å²) in [4.78, 5) is 15.2. The molecule has 1 unspecified atom stereocenters. The topological polar surface area (TPSA) is 41.6 Å². The van der Waals surface area contributed by atoms with E-state index in [-0.39, 0.29) is 17.4 Å². The van der Waals surface area contributed by atoms with Gasteiger partial charge in [0.15, 0.2) is 0 Å². The lowest BCUT2D eigenvalue weighted by atomic mass is 9.72. The molecule has 4 heteroatoms. The number of nitrogens with one attached hydrogen (secondary N) is 1. The Morgan fingerprint density at radius 2 is 2.00 bits per heavy atom. The second-order valence-corrected chi connectivity index (χ2v) is 6.10. The molecular weight excluding hydrogens is 264 g/mol. The maximum absolute atomic E-state index is 13.2. The number of nitrogens with zero attached hydrogens (tertiary/aromatic N) is 1. The molecule has 2 aliphatic heterocycles. The third kappa shape index (κ3) is 2.70. The fraction of sp³-hybridized carbons (Fsp3) is 0.588. The number of rotatable bonds is 3. The maximum atomic E-state index is 13.2. The lowest BCUT2D eigenvalue weighted by Gasteiger charge is -2.39. The van der Waals surface area contributed by atoms with E-state index in [9.17, 15) is 4.79 Å². The fourth-order valence-corrected chi connectivity index (χ4v) is 3.64. The van der Waals surface area contributed by atoms with Crippen LogP contribution in [0.5, 0.6) is 0 Å². The number of likely N-dealkylation sites (tertiary alicyclic amines) is 1. The normalized spacial score (nSPS) is 25.0. The zero-order chi connectivity index (χ0) is 14.7. The highest BCUT2D eigenvalue weighted by Gasteiger charge is 2.44. The molecule has 1 aromatic rings. The van der Waals surface area contributed by atoms with Crippen molar-refractivity contribution in [1.82, 2.24) is 10.2 Å². The number of piperidine rings is 1. The Kier molecular flexibility index (Phi) is 4.27. The van der Waals surface area contributed by atoms with E-state index < -0.39 is 0 Å². The van der Waals surface area contributed by atoms with Gasteiger partial charge in [-0.25, -0.2) is 0 Å². The number of hydrogen-bond acceptors (Lipinski definition) is 3. The highest BCUT2D eigenvalue weighted by atomic mass is 16.5. The van der Waals surface area contributed by atoms with E-state index in [2.05, 4.69) is 17.4 Å². The summed E-state index contributed by atoms with van der Waals surface area (Å²) in [5.41, 5.74) is 0.812. The van der Waals surface area contributed by atoms with Gasteiger partial charge >= 0.3 is 0 Å². The number of carbonyl (C=O) groups excluding carboxylic acids is 1. The molecule has 114 valence electrons. The second-order valence-electron chi connectivity index (χ2n) is 6.10. The van der Waals surface area contributed by atoms with E-state index in [0.29, 0.717) is 0 Å². The third-order valence-electron chi connectivity index (χ3n) is 4.96. The molecule has 2 aliphatic rings. The van der Waals surface area contributed by atoms with Crippen molar-refractivity contribution >= 4 is 5.91 Å². The molecule has 2 heterocycles. The first-order valence-electron chi connectivity index (χ1n) is 7.85. The Morgan fingerprint density at radius 3 is 2.62 bits per heavy atom. The van der Waals surface area contributed by atoms with Crippen LogP contribution in [0.4, 0.5) is 0 Å². The molecule has 1 amide bonds. The van der Waals surface area contributed by atoms with Crippen molar-refractivity contribution in [1.29, 1.82) is 0 Å². The molecule has 2 fully saturated rings. The van der Waals surface area contributed by atoms with Crippen LogP contribution in [-0.4, -0.2) is 50.2 Å². The summed E-state index contributed by atoms with van der Waals surface area (Å²) in [6, 6.07) is 10.3. The van der Waals surface area contributed by atoms with E-state index in [4.69, 9.17) is 4.74 Å². The maximum Gasteiger partial charge on any atom is 0.233 e. The lowest BCUT2D eigenvalue weighted by molar-refractivity contribution is -0.138. The summed E-state index contributed by atoms with van der Waals surface area (Å²) in [6.07, 6.45) is 2.91. The van der Waals surface area contributed by atoms with Crippen molar-refractivity contribution in [2.24, 2.45) is 0 Å². The zero-order valence-corrected chi connectivity index (χ0v) is 12.7. The number of ether oxygens (including phenoxy) is 1. The van der Waals surface area contributed by atoms with Gasteiger partial charge in [-0.1, -0.05) is 30.3 Å². The highest BCUT2D eigenvalue weighted by Crippen LogP contribution is 2.36. The Labute approximate surface area is 126 Å². The number of carbonyl (C=O) groups is 1. The Bertz CT molecular complexity index is 483. The molecule has 1 atom stereocenters. The molecule has 2 saturated heterocycles. The van der Waals surface area contributed by atoms with Gasteiger partial charge in [0.05, 0.1) is 11.5 Å². The Balaban J connectivity index is 1.87. The van der Waals surface area contributed by atoms with E-state index in [1.54, 1.807) is 7.11 Å². The number of amides is 1. The molecule has 0 bridgehead atoms. The predicted octanol–water partition coefficient (Wildman–Crippen LogP) is 1.56. The minimum atomic E-state index is -0.352. The van der Waals surface area contributed by atoms with Crippen LogP contribution in [0.2, 0.25) is 0 Å². The average Bonchev–Trinajstić information content (AvgIpc) is 3.04. The van der Waals surface area contributed by atoms with Crippen LogP contribution in [0.15, 0.2) is 30.3 Å². The van der Waals surface area contributed by atoms with Crippen LogP contribution < -0.4 is 5.32 Å². The quantitative estimate of drug-likeness (QED) is 0.917. The molecule has 0 spiro atoms. The average molecular weight is 288 g/mol. The molecule has 0 radical (unpaired) electrons.